The normalized spacial score (nSPS) is 17.1. The fourth-order valence-corrected chi connectivity index (χ4v) is 8.19. The first-order valence-corrected chi connectivity index (χ1v) is 14.5. The molecule has 4 heterocycles. The van der Waals surface area contributed by atoms with Crippen LogP contribution in [0.1, 0.15) is 5.56 Å². The summed E-state index contributed by atoms with van der Waals surface area (Å²) in [6.45, 7) is 0. The Labute approximate surface area is 233 Å². The van der Waals surface area contributed by atoms with E-state index in [1.54, 1.807) is 0 Å². The van der Waals surface area contributed by atoms with Crippen molar-refractivity contribution < 1.29 is 4.42 Å². The predicted molar refractivity (Wildman–Crippen MR) is 169 cm³/mol. The molecule has 40 heavy (non-hydrogen) atoms. The van der Waals surface area contributed by atoms with Crippen molar-refractivity contribution in [1.29, 1.82) is 0 Å². The van der Waals surface area contributed by atoms with E-state index in [0.717, 1.165) is 33.3 Å². The van der Waals surface area contributed by atoms with Crippen molar-refractivity contribution >= 4 is 87.5 Å². The summed E-state index contributed by atoms with van der Waals surface area (Å²) < 4.78 is 11.6. The van der Waals surface area contributed by atoms with Crippen LogP contribution in [0.25, 0.3) is 47.7 Å². The van der Waals surface area contributed by atoms with E-state index in [1.165, 1.54) is 48.4 Å². The Morgan fingerprint density at radius 3 is 2.45 bits per heavy atom. The number of anilines is 2. The molecule has 0 amide bonds. The molecule has 3 aliphatic rings. The van der Waals surface area contributed by atoms with Crippen LogP contribution in [-0.4, -0.2) is 11.8 Å². The largest absolute Gasteiger partial charge is 0.449 e. The Bertz CT molecular complexity index is 2350. The quantitative estimate of drug-likeness (QED) is 0.197. The van der Waals surface area contributed by atoms with Gasteiger partial charge in [-0.15, -0.1) is 11.3 Å². The molecule has 0 fully saturated rings. The fourth-order valence-electron chi connectivity index (χ4n) is 7.07. The number of nitrogens with zero attached hydrogens (tertiary/aromatic N) is 2. The van der Waals surface area contributed by atoms with Crippen LogP contribution in [0.4, 0.5) is 22.7 Å². The van der Waals surface area contributed by atoms with Gasteiger partial charge < -0.3 is 9.32 Å². The summed E-state index contributed by atoms with van der Waals surface area (Å²) >= 11 is 1.88. The molecule has 1 unspecified atom stereocenters. The topological polar surface area (TPSA) is 19.4 Å². The third-order valence-electron chi connectivity index (χ3n) is 8.71. The molecule has 0 saturated heterocycles. The highest BCUT2D eigenvalue weighted by atomic mass is 32.1. The van der Waals surface area contributed by atoms with Gasteiger partial charge in [0, 0.05) is 54.7 Å². The number of thiophene rings is 1. The first-order chi connectivity index (χ1) is 19.8. The van der Waals surface area contributed by atoms with Crippen LogP contribution in [0.15, 0.2) is 126 Å². The van der Waals surface area contributed by atoms with Gasteiger partial charge in [0.05, 0.1) is 5.69 Å². The van der Waals surface area contributed by atoms with E-state index in [9.17, 15) is 0 Å². The van der Waals surface area contributed by atoms with Crippen LogP contribution in [0.5, 0.6) is 0 Å². The number of rotatable bonds is 1. The summed E-state index contributed by atoms with van der Waals surface area (Å²) in [6.07, 6.45) is 6.80. The van der Waals surface area contributed by atoms with E-state index < -0.39 is 0 Å². The monoisotopic (exact) mass is 529 g/mol. The molecule has 1 aliphatic carbocycles. The maximum atomic E-state index is 6.54. The summed E-state index contributed by atoms with van der Waals surface area (Å²) in [4.78, 5) is 2.55. The minimum atomic E-state index is 0.0947. The van der Waals surface area contributed by atoms with Gasteiger partial charge in [-0.25, -0.2) is 0 Å². The Hall–Kier alpha value is -4.93. The van der Waals surface area contributed by atoms with Gasteiger partial charge in [-0.1, -0.05) is 66.7 Å². The highest BCUT2D eigenvalue weighted by Crippen LogP contribution is 2.54. The van der Waals surface area contributed by atoms with Crippen LogP contribution in [-0.2, 0) is 0 Å². The average Bonchev–Trinajstić information content (AvgIpc) is 3.67. The summed E-state index contributed by atoms with van der Waals surface area (Å²) in [7, 11) is 0. The second-order valence-electron chi connectivity index (χ2n) is 10.7. The third-order valence-corrected chi connectivity index (χ3v) is 9.84. The molecule has 5 aromatic carbocycles. The van der Waals surface area contributed by atoms with Gasteiger partial charge in [-0.3, -0.25) is 0 Å². The molecule has 186 valence electrons. The number of hydrogen-bond acceptors (Lipinski definition) is 3. The Morgan fingerprint density at radius 2 is 1.48 bits per heavy atom. The zero-order chi connectivity index (χ0) is 25.9. The highest BCUT2D eigenvalue weighted by Gasteiger charge is 2.49. The van der Waals surface area contributed by atoms with Gasteiger partial charge >= 0.3 is 0 Å². The Balaban J connectivity index is 1.29. The Morgan fingerprint density at radius 1 is 0.675 bits per heavy atom. The predicted octanol–water partition coefficient (Wildman–Crippen LogP) is 9.72. The number of benzene rings is 5. The molecule has 10 rings (SSSR count). The van der Waals surface area contributed by atoms with Crippen molar-refractivity contribution in [2.45, 2.75) is 6.04 Å². The summed E-state index contributed by atoms with van der Waals surface area (Å²) in [5, 5.41) is 4.97. The summed E-state index contributed by atoms with van der Waals surface area (Å²) in [6, 6.07) is 37.3. The molecule has 4 heteroatoms. The molecular formula is C36H21N2OS+. The van der Waals surface area contributed by atoms with E-state index in [2.05, 4.69) is 125 Å². The lowest BCUT2D eigenvalue weighted by molar-refractivity contribution is 0.666. The third kappa shape index (κ3) is 2.52. The van der Waals surface area contributed by atoms with Gasteiger partial charge in [-0.05, 0) is 42.0 Å². The van der Waals surface area contributed by atoms with Crippen LogP contribution in [0.2, 0.25) is 0 Å². The van der Waals surface area contributed by atoms with Gasteiger partial charge in [0.25, 0.3) is 5.69 Å². The molecule has 0 saturated carbocycles. The van der Waals surface area contributed by atoms with Crippen molar-refractivity contribution in [3.8, 4) is 0 Å². The van der Waals surface area contributed by atoms with Crippen LogP contribution in [0.3, 0.4) is 0 Å². The van der Waals surface area contributed by atoms with Crippen LogP contribution >= 0.6 is 11.3 Å². The van der Waals surface area contributed by atoms with Crippen molar-refractivity contribution in [3.05, 3.63) is 127 Å². The zero-order valence-corrected chi connectivity index (χ0v) is 22.2. The number of hydrogen-bond donors (Lipinski definition) is 0. The minimum Gasteiger partial charge on any atom is -0.449 e. The SMILES string of the molecule is C1=CC2=[N+](c3cccc4c3oc3ccccc34)c3ccccc3N3c4cc5sc6ccccc6c5cc4C(=C1)C23. The maximum absolute atomic E-state index is 6.54. The first kappa shape index (κ1) is 21.0. The van der Waals surface area contributed by atoms with Crippen LogP contribution < -0.4 is 9.48 Å². The lowest BCUT2D eigenvalue weighted by Crippen LogP contribution is -2.43. The molecular weight excluding hydrogens is 508 g/mol. The Kier molecular flexibility index (Phi) is 3.87. The number of fused-ring (bicyclic) bond motifs is 11. The van der Waals surface area contributed by atoms with Crippen molar-refractivity contribution in [2.75, 3.05) is 4.90 Å². The maximum Gasteiger partial charge on any atom is 0.255 e. The molecule has 3 nitrogen and oxygen atoms in total. The molecule has 2 aliphatic heterocycles. The van der Waals surface area contributed by atoms with Gasteiger partial charge in [0.2, 0.25) is 17.0 Å². The average molecular weight is 530 g/mol. The van der Waals surface area contributed by atoms with Crippen molar-refractivity contribution in [2.24, 2.45) is 0 Å². The standard InChI is InChI=1S/C36H21N2OS/c1-5-17-32-21(9-1)24-12-8-16-30(36(24)39-32)37-27-13-3-4-14-28(27)38-31-20-34-26(22-10-2-6-18-33(22)40-34)19-25(31)23-11-7-15-29(37)35(23)38/h1-20,35H/q+1. The smallest absolute Gasteiger partial charge is 0.255 e. The molecule has 0 N–H and O–H groups in total. The van der Waals surface area contributed by atoms with Crippen LogP contribution in [0, 0.1) is 0 Å². The lowest BCUT2D eigenvalue weighted by atomic mass is 9.91. The van der Waals surface area contributed by atoms with E-state index >= 15 is 0 Å². The molecule has 7 aromatic rings. The van der Waals surface area contributed by atoms with Crippen molar-refractivity contribution in [3.63, 3.8) is 0 Å². The number of allylic oxidation sites excluding steroid dienone is 2. The van der Waals surface area contributed by atoms with E-state index in [-0.39, 0.29) is 6.04 Å². The molecule has 1 atom stereocenters. The fraction of sp³-hybridized carbons (Fsp3) is 0.0278. The van der Waals surface area contributed by atoms with E-state index in [1.807, 2.05) is 17.4 Å². The number of para-hydroxylation sites is 4. The molecule has 2 aromatic heterocycles. The second-order valence-corrected chi connectivity index (χ2v) is 11.8. The molecule has 0 spiro atoms. The van der Waals surface area contributed by atoms with E-state index in [0.29, 0.717) is 0 Å². The first-order valence-electron chi connectivity index (χ1n) is 13.6. The summed E-state index contributed by atoms with van der Waals surface area (Å²) in [5.41, 5.74) is 10.5. The van der Waals surface area contributed by atoms with Gasteiger partial charge in [0.15, 0.2) is 0 Å². The zero-order valence-electron chi connectivity index (χ0n) is 21.3. The second kappa shape index (κ2) is 7.38. The lowest BCUT2D eigenvalue weighted by Gasteiger charge is -2.32. The van der Waals surface area contributed by atoms with Crippen molar-refractivity contribution in [1.82, 2.24) is 4.58 Å². The van der Waals surface area contributed by atoms with Gasteiger partial charge in [-0.2, -0.15) is 4.58 Å². The summed E-state index contributed by atoms with van der Waals surface area (Å²) in [5.74, 6) is 0. The highest BCUT2D eigenvalue weighted by molar-refractivity contribution is 7.25. The number of furan rings is 1. The molecule has 0 radical (unpaired) electrons. The van der Waals surface area contributed by atoms with Gasteiger partial charge in [0.1, 0.15) is 17.3 Å². The van der Waals surface area contributed by atoms with E-state index in [4.69, 9.17) is 4.42 Å². The minimum absolute atomic E-state index is 0.0947. The molecule has 0 bridgehead atoms.